The molecule has 0 N–H and O–H groups in total. The molecule has 0 saturated heterocycles. The summed E-state index contributed by atoms with van der Waals surface area (Å²) in [5, 5.41) is 2.12. The number of hydrogen-bond acceptors (Lipinski definition) is 3. The fraction of sp³-hybridized carbons (Fsp3) is 0.167. The topological polar surface area (TPSA) is 43.9 Å². The average molecular weight is 522 g/mol. The first kappa shape index (κ1) is 24.3. The zero-order chi connectivity index (χ0) is 27.6. The van der Waals surface area contributed by atoms with Crippen molar-refractivity contribution >= 4 is 33.1 Å². The molecule has 0 unspecified atom stereocenters. The van der Waals surface area contributed by atoms with Crippen LogP contribution in [0, 0.1) is 13.8 Å². The maximum atomic E-state index is 6.50. The van der Waals surface area contributed by atoms with Crippen LogP contribution in [-0.2, 0) is 5.41 Å². The summed E-state index contributed by atoms with van der Waals surface area (Å²) in [5.74, 6) is 0.850. The number of nitrogens with zero attached hydrogens (tertiary/aromatic N) is 3. The van der Waals surface area contributed by atoms with E-state index in [1.165, 1.54) is 16.7 Å². The summed E-state index contributed by atoms with van der Waals surface area (Å²) in [6, 6.07) is 34.3. The SMILES string of the molecule is Cc1ccc2c(n1)oc1c(-c3nc4ccccc4n3-c3ccc(C(C)(C)C)cc3-c3ccccc3)ccc(C)c12. The van der Waals surface area contributed by atoms with Crippen molar-refractivity contribution in [3.05, 3.63) is 114 Å². The normalized spacial score (nSPS) is 12.1. The summed E-state index contributed by atoms with van der Waals surface area (Å²) in [6.45, 7) is 10.9. The highest BCUT2D eigenvalue weighted by molar-refractivity contribution is 6.10. The predicted molar refractivity (Wildman–Crippen MR) is 165 cm³/mol. The molecule has 4 heteroatoms. The Bertz CT molecular complexity index is 2060. The van der Waals surface area contributed by atoms with E-state index in [4.69, 9.17) is 14.4 Å². The first-order chi connectivity index (χ1) is 19.3. The van der Waals surface area contributed by atoms with Crippen molar-refractivity contribution in [1.29, 1.82) is 0 Å². The van der Waals surface area contributed by atoms with Crippen molar-refractivity contribution in [2.45, 2.75) is 40.0 Å². The van der Waals surface area contributed by atoms with E-state index in [1.807, 2.05) is 19.1 Å². The van der Waals surface area contributed by atoms with Crippen LogP contribution >= 0.6 is 0 Å². The predicted octanol–water partition coefficient (Wildman–Crippen LogP) is 9.57. The molecular weight excluding hydrogens is 490 g/mol. The van der Waals surface area contributed by atoms with E-state index in [0.717, 1.165) is 55.7 Å². The second-order valence-corrected chi connectivity index (χ2v) is 11.6. The van der Waals surface area contributed by atoms with Crippen LogP contribution < -0.4 is 0 Å². The van der Waals surface area contributed by atoms with Crippen molar-refractivity contribution in [1.82, 2.24) is 14.5 Å². The molecule has 0 bridgehead atoms. The van der Waals surface area contributed by atoms with Gasteiger partial charge in [0.05, 0.1) is 22.3 Å². The Labute approximate surface area is 233 Å². The first-order valence-electron chi connectivity index (χ1n) is 13.8. The van der Waals surface area contributed by atoms with Gasteiger partial charge < -0.3 is 4.42 Å². The van der Waals surface area contributed by atoms with Crippen LogP contribution in [0.4, 0.5) is 0 Å². The van der Waals surface area contributed by atoms with Crippen molar-refractivity contribution in [2.24, 2.45) is 0 Å². The Morgan fingerprint density at radius 3 is 2.30 bits per heavy atom. The third kappa shape index (κ3) is 3.83. The van der Waals surface area contributed by atoms with E-state index < -0.39 is 0 Å². The standard InChI is InChI=1S/C36H31N3O/c1-22-15-18-27(33-32(22)26-19-16-23(2)37-35(26)40-33)34-38-29-13-9-10-14-31(29)39(34)30-20-17-25(36(3,4)5)21-28(30)24-11-7-6-8-12-24/h6-21H,1-5H3. The molecule has 0 fully saturated rings. The van der Waals surface area contributed by atoms with Gasteiger partial charge in [0.15, 0.2) is 0 Å². The van der Waals surface area contributed by atoms with Gasteiger partial charge in [0.25, 0.3) is 0 Å². The van der Waals surface area contributed by atoms with Crippen LogP contribution in [0.15, 0.2) is 101 Å². The largest absolute Gasteiger partial charge is 0.437 e. The van der Waals surface area contributed by atoms with Gasteiger partial charge in [-0.2, -0.15) is 0 Å². The first-order valence-corrected chi connectivity index (χ1v) is 13.8. The van der Waals surface area contributed by atoms with Crippen LogP contribution in [0.2, 0.25) is 0 Å². The molecule has 40 heavy (non-hydrogen) atoms. The smallest absolute Gasteiger partial charge is 0.227 e. The molecule has 0 aliphatic carbocycles. The Balaban J connectivity index is 1.59. The Morgan fingerprint density at radius 2 is 1.50 bits per heavy atom. The number of benzene rings is 4. The van der Waals surface area contributed by atoms with Crippen LogP contribution in [0.3, 0.4) is 0 Å². The van der Waals surface area contributed by atoms with Gasteiger partial charge >= 0.3 is 0 Å². The fourth-order valence-electron chi connectivity index (χ4n) is 5.69. The van der Waals surface area contributed by atoms with Gasteiger partial charge in [-0.15, -0.1) is 0 Å². The third-order valence-electron chi connectivity index (χ3n) is 7.82. The van der Waals surface area contributed by atoms with Crippen LogP contribution in [-0.4, -0.2) is 14.5 Å². The number of fused-ring (bicyclic) bond motifs is 4. The Hall–Kier alpha value is -4.70. The molecule has 4 aromatic carbocycles. The van der Waals surface area contributed by atoms with Crippen LogP contribution in [0.5, 0.6) is 0 Å². The summed E-state index contributed by atoms with van der Waals surface area (Å²) in [6.07, 6.45) is 0. The average Bonchev–Trinajstić information content (AvgIpc) is 3.52. The maximum absolute atomic E-state index is 6.50. The summed E-state index contributed by atoms with van der Waals surface area (Å²) in [5.41, 5.74) is 11.2. The zero-order valence-corrected chi connectivity index (χ0v) is 23.5. The number of furan rings is 1. The number of aryl methyl sites for hydroxylation is 2. The molecule has 0 amide bonds. The van der Waals surface area contributed by atoms with Gasteiger partial charge in [-0.3, -0.25) is 4.57 Å². The lowest BCUT2D eigenvalue weighted by Crippen LogP contribution is -2.12. The number of para-hydroxylation sites is 2. The van der Waals surface area contributed by atoms with Crippen molar-refractivity contribution < 1.29 is 4.42 Å². The third-order valence-corrected chi connectivity index (χ3v) is 7.82. The van der Waals surface area contributed by atoms with E-state index >= 15 is 0 Å². The zero-order valence-electron chi connectivity index (χ0n) is 23.5. The van der Waals surface area contributed by atoms with E-state index in [0.29, 0.717) is 5.71 Å². The van der Waals surface area contributed by atoms with Crippen molar-refractivity contribution in [2.75, 3.05) is 0 Å². The molecule has 7 rings (SSSR count). The Morgan fingerprint density at radius 1 is 0.725 bits per heavy atom. The summed E-state index contributed by atoms with van der Waals surface area (Å²) >= 11 is 0. The van der Waals surface area contributed by atoms with Crippen molar-refractivity contribution in [3.8, 4) is 28.2 Å². The second-order valence-electron chi connectivity index (χ2n) is 11.6. The number of hydrogen-bond donors (Lipinski definition) is 0. The molecule has 0 atom stereocenters. The monoisotopic (exact) mass is 521 g/mol. The molecule has 7 aromatic rings. The minimum atomic E-state index is 0.0183. The van der Waals surface area contributed by atoms with Crippen LogP contribution in [0.1, 0.15) is 37.6 Å². The lowest BCUT2D eigenvalue weighted by atomic mass is 9.85. The molecule has 3 heterocycles. The molecular formula is C36H31N3O. The molecule has 0 aliphatic heterocycles. The van der Waals surface area contributed by atoms with Gasteiger partial charge in [0.2, 0.25) is 5.71 Å². The molecule has 0 aliphatic rings. The minimum absolute atomic E-state index is 0.0183. The number of rotatable bonds is 3. The molecule has 0 radical (unpaired) electrons. The van der Waals surface area contributed by atoms with E-state index in [-0.39, 0.29) is 5.41 Å². The lowest BCUT2D eigenvalue weighted by Gasteiger charge is -2.23. The van der Waals surface area contributed by atoms with Crippen LogP contribution in [0.25, 0.3) is 61.3 Å². The highest BCUT2D eigenvalue weighted by Gasteiger charge is 2.24. The Kier molecular flexibility index (Phi) is 5.43. The molecule has 196 valence electrons. The van der Waals surface area contributed by atoms with Gasteiger partial charge in [-0.05, 0) is 78.4 Å². The maximum Gasteiger partial charge on any atom is 0.227 e. The van der Waals surface area contributed by atoms with Gasteiger partial charge in [0, 0.05) is 22.0 Å². The lowest BCUT2D eigenvalue weighted by molar-refractivity contribution is 0.590. The van der Waals surface area contributed by atoms with Gasteiger partial charge in [0.1, 0.15) is 11.4 Å². The summed E-state index contributed by atoms with van der Waals surface area (Å²) in [7, 11) is 0. The number of imidazole rings is 1. The highest BCUT2D eigenvalue weighted by atomic mass is 16.3. The summed E-state index contributed by atoms with van der Waals surface area (Å²) < 4.78 is 8.79. The van der Waals surface area contributed by atoms with E-state index in [9.17, 15) is 0 Å². The van der Waals surface area contributed by atoms with E-state index in [1.54, 1.807) is 0 Å². The number of aromatic nitrogens is 3. The van der Waals surface area contributed by atoms with E-state index in [2.05, 4.69) is 117 Å². The second kappa shape index (κ2) is 8.92. The summed E-state index contributed by atoms with van der Waals surface area (Å²) in [4.78, 5) is 9.92. The number of pyridine rings is 1. The minimum Gasteiger partial charge on any atom is -0.437 e. The quantitative estimate of drug-likeness (QED) is 0.232. The molecule has 0 spiro atoms. The van der Waals surface area contributed by atoms with Crippen molar-refractivity contribution in [3.63, 3.8) is 0 Å². The molecule has 0 saturated carbocycles. The van der Waals surface area contributed by atoms with Gasteiger partial charge in [-0.1, -0.05) is 75.4 Å². The molecule has 4 nitrogen and oxygen atoms in total. The highest BCUT2D eigenvalue weighted by Crippen LogP contribution is 2.41. The van der Waals surface area contributed by atoms with Gasteiger partial charge in [-0.25, -0.2) is 9.97 Å². The molecule has 3 aromatic heterocycles. The fourth-order valence-corrected chi connectivity index (χ4v) is 5.69.